The lowest BCUT2D eigenvalue weighted by Gasteiger charge is -2.48. The van der Waals surface area contributed by atoms with Gasteiger partial charge in [-0.1, -0.05) is 59.3 Å². The Hall–Kier alpha value is -0.200. The maximum atomic E-state index is 9.82. The van der Waals surface area contributed by atoms with Gasteiger partial charge in [-0.2, -0.15) is 0 Å². The van der Waals surface area contributed by atoms with Gasteiger partial charge in [0.15, 0.2) is 0 Å². The molecule has 158 valence electrons. The summed E-state index contributed by atoms with van der Waals surface area (Å²) in [7, 11) is 4.86. The van der Waals surface area contributed by atoms with Gasteiger partial charge >= 0.3 is 0 Å². The van der Waals surface area contributed by atoms with E-state index in [1.165, 1.54) is 32.1 Å². The SMILES string of the molecule is CCCCCCCCC(CCO)(CCC(C)(C)CN)C(OC)(OC)OC. The molecule has 0 bridgehead atoms. The van der Waals surface area contributed by atoms with Crippen LogP contribution in [0.15, 0.2) is 0 Å². The van der Waals surface area contributed by atoms with Gasteiger partial charge in [0.25, 0.3) is 5.97 Å². The summed E-state index contributed by atoms with van der Waals surface area (Å²) in [5, 5.41) is 9.82. The molecule has 26 heavy (non-hydrogen) atoms. The number of ether oxygens (including phenoxy) is 3. The number of hydrogen-bond donors (Lipinski definition) is 2. The van der Waals surface area contributed by atoms with Gasteiger partial charge in [-0.05, 0) is 37.6 Å². The van der Waals surface area contributed by atoms with Crippen LogP contribution in [0.5, 0.6) is 0 Å². The molecule has 1 unspecified atom stereocenters. The molecule has 0 aromatic heterocycles. The number of rotatable bonds is 17. The Kier molecular flexibility index (Phi) is 13.0. The quantitative estimate of drug-likeness (QED) is 0.290. The van der Waals surface area contributed by atoms with Gasteiger partial charge in [0, 0.05) is 27.9 Å². The summed E-state index contributed by atoms with van der Waals surface area (Å²) in [5.41, 5.74) is 5.57. The van der Waals surface area contributed by atoms with E-state index in [2.05, 4.69) is 20.8 Å². The van der Waals surface area contributed by atoms with E-state index in [4.69, 9.17) is 19.9 Å². The molecule has 0 fully saturated rings. The van der Waals surface area contributed by atoms with Crippen LogP contribution in [-0.2, 0) is 14.2 Å². The molecule has 0 saturated heterocycles. The Labute approximate surface area is 162 Å². The predicted molar refractivity (Wildman–Crippen MR) is 108 cm³/mol. The molecule has 1 atom stereocenters. The monoisotopic (exact) mass is 375 g/mol. The minimum absolute atomic E-state index is 0.0306. The molecule has 0 aromatic rings. The highest BCUT2D eigenvalue weighted by molar-refractivity contribution is 4.90. The Bertz CT molecular complexity index is 337. The molecule has 5 heteroatoms. The van der Waals surface area contributed by atoms with Crippen LogP contribution < -0.4 is 5.73 Å². The molecule has 3 N–H and O–H groups in total. The highest BCUT2D eigenvalue weighted by Crippen LogP contribution is 2.48. The first-order valence-electron chi connectivity index (χ1n) is 10.3. The summed E-state index contributed by atoms with van der Waals surface area (Å²) < 4.78 is 17.3. The number of nitrogens with two attached hydrogens (primary N) is 1. The molecule has 0 aliphatic carbocycles. The zero-order chi connectivity index (χ0) is 20.1. The summed E-state index contributed by atoms with van der Waals surface area (Å²) in [4.78, 5) is 0. The topological polar surface area (TPSA) is 73.9 Å². The van der Waals surface area contributed by atoms with E-state index < -0.39 is 11.4 Å². The molecule has 5 nitrogen and oxygen atoms in total. The minimum atomic E-state index is -1.15. The van der Waals surface area contributed by atoms with Crippen molar-refractivity contribution >= 4 is 0 Å². The summed E-state index contributed by atoms with van der Waals surface area (Å²) in [5.74, 6) is -1.15. The zero-order valence-electron chi connectivity index (χ0n) is 18.2. The highest BCUT2D eigenvalue weighted by Gasteiger charge is 2.53. The van der Waals surface area contributed by atoms with Gasteiger partial charge in [0.1, 0.15) is 0 Å². The lowest BCUT2D eigenvalue weighted by molar-refractivity contribution is -0.412. The minimum Gasteiger partial charge on any atom is -0.396 e. The molecule has 0 aliphatic rings. The molecule has 0 heterocycles. The second-order valence-corrected chi connectivity index (χ2v) is 8.31. The van der Waals surface area contributed by atoms with Crippen LogP contribution in [0.4, 0.5) is 0 Å². The van der Waals surface area contributed by atoms with Crippen molar-refractivity contribution < 1.29 is 19.3 Å². The standard InChI is InChI=1S/C21H45NO4/c1-7-8-9-10-11-12-13-20(16-17-23,15-14-19(2,3)18-22)21(24-4,25-5)26-6/h23H,7-18,22H2,1-6H3. The van der Waals surface area contributed by atoms with Crippen molar-refractivity contribution in [2.45, 2.75) is 91.0 Å². The second kappa shape index (κ2) is 13.1. The van der Waals surface area contributed by atoms with Crippen LogP contribution >= 0.6 is 0 Å². The smallest absolute Gasteiger partial charge is 0.288 e. The first kappa shape index (κ1) is 25.8. The molecule has 0 saturated carbocycles. The molecule has 0 amide bonds. The summed E-state index contributed by atoms with van der Waals surface area (Å²) in [6.07, 6.45) is 10.6. The van der Waals surface area contributed by atoms with Crippen molar-refractivity contribution in [3.63, 3.8) is 0 Å². The number of aliphatic hydroxyl groups excluding tert-OH is 1. The van der Waals surface area contributed by atoms with Crippen LogP contribution in [-0.4, -0.2) is 45.6 Å². The third kappa shape index (κ3) is 7.43. The maximum absolute atomic E-state index is 9.82. The van der Waals surface area contributed by atoms with Gasteiger partial charge in [0.2, 0.25) is 0 Å². The van der Waals surface area contributed by atoms with Crippen molar-refractivity contribution in [2.75, 3.05) is 34.5 Å². The van der Waals surface area contributed by atoms with E-state index in [-0.39, 0.29) is 12.0 Å². The van der Waals surface area contributed by atoms with Gasteiger partial charge in [0.05, 0.1) is 5.41 Å². The molecule has 0 radical (unpaired) electrons. The van der Waals surface area contributed by atoms with E-state index in [1.807, 2.05) is 0 Å². The van der Waals surface area contributed by atoms with Crippen LogP contribution in [0.1, 0.15) is 85.0 Å². The fourth-order valence-corrected chi connectivity index (χ4v) is 3.87. The van der Waals surface area contributed by atoms with E-state index in [0.717, 1.165) is 25.7 Å². The van der Waals surface area contributed by atoms with Gasteiger partial charge in [-0.25, -0.2) is 0 Å². The van der Waals surface area contributed by atoms with Crippen molar-refractivity contribution in [3.05, 3.63) is 0 Å². The highest BCUT2D eigenvalue weighted by atomic mass is 16.9. The van der Waals surface area contributed by atoms with Crippen LogP contribution in [0.2, 0.25) is 0 Å². The molecule has 0 aliphatic heterocycles. The Morgan fingerprint density at radius 2 is 1.31 bits per heavy atom. The van der Waals surface area contributed by atoms with Gasteiger partial charge < -0.3 is 25.1 Å². The number of methoxy groups -OCH3 is 3. The first-order chi connectivity index (χ1) is 12.3. The van der Waals surface area contributed by atoms with Crippen LogP contribution in [0, 0.1) is 10.8 Å². The fourth-order valence-electron chi connectivity index (χ4n) is 3.87. The van der Waals surface area contributed by atoms with Crippen molar-refractivity contribution in [1.82, 2.24) is 0 Å². The average Bonchev–Trinajstić information content (AvgIpc) is 2.65. The Morgan fingerprint density at radius 3 is 1.77 bits per heavy atom. The Morgan fingerprint density at radius 1 is 0.769 bits per heavy atom. The van der Waals surface area contributed by atoms with Crippen molar-refractivity contribution in [1.29, 1.82) is 0 Å². The molecule has 0 aromatic carbocycles. The molecular weight excluding hydrogens is 330 g/mol. The molecule has 0 spiro atoms. The second-order valence-electron chi connectivity index (χ2n) is 8.31. The zero-order valence-corrected chi connectivity index (χ0v) is 18.2. The predicted octanol–water partition coefficient (Wildman–Crippen LogP) is 4.46. The van der Waals surface area contributed by atoms with E-state index in [9.17, 15) is 5.11 Å². The van der Waals surface area contributed by atoms with Crippen LogP contribution in [0.25, 0.3) is 0 Å². The summed E-state index contributed by atoms with van der Waals surface area (Å²) >= 11 is 0. The largest absolute Gasteiger partial charge is 0.396 e. The fraction of sp³-hybridized carbons (Fsp3) is 1.00. The molecular formula is C21H45NO4. The van der Waals surface area contributed by atoms with Gasteiger partial charge in [-0.3, -0.25) is 0 Å². The van der Waals surface area contributed by atoms with Gasteiger partial charge in [-0.15, -0.1) is 0 Å². The summed E-state index contributed by atoms with van der Waals surface area (Å²) in [6, 6.07) is 0. The maximum Gasteiger partial charge on any atom is 0.288 e. The van der Waals surface area contributed by atoms with E-state index in [1.54, 1.807) is 21.3 Å². The number of aliphatic hydroxyl groups is 1. The average molecular weight is 376 g/mol. The van der Waals surface area contributed by atoms with Crippen molar-refractivity contribution in [2.24, 2.45) is 16.6 Å². The third-order valence-electron chi connectivity index (χ3n) is 5.89. The van der Waals surface area contributed by atoms with Crippen LogP contribution in [0.3, 0.4) is 0 Å². The third-order valence-corrected chi connectivity index (χ3v) is 5.89. The van der Waals surface area contributed by atoms with Crippen molar-refractivity contribution in [3.8, 4) is 0 Å². The number of unbranched alkanes of at least 4 members (excludes halogenated alkanes) is 5. The van der Waals surface area contributed by atoms with E-state index >= 15 is 0 Å². The van der Waals surface area contributed by atoms with E-state index in [0.29, 0.717) is 13.0 Å². The molecule has 0 rings (SSSR count). The first-order valence-corrected chi connectivity index (χ1v) is 10.3. The number of hydrogen-bond acceptors (Lipinski definition) is 5. The normalized spacial score (nSPS) is 15.2. The lowest BCUT2D eigenvalue weighted by Crippen LogP contribution is -2.54. The summed E-state index contributed by atoms with van der Waals surface area (Å²) in [6.45, 7) is 7.29. The Balaban J connectivity index is 5.34. The lowest BCUT2D eigenvalue weighted by atomic mass is 9.70.